The van der Waals surface area contributed by atoms with Gasteiger partial charge in [0.2, 0.25) is 5.13 Å². The monoisotopic (exact) mass is 357 g/mol. The lowest BCUT2D eigenvalue weighted by atomic mass is 10.2. The van der Waals surface area contributed by atoms with E-state index < -0.39 is 0 Å². The van der Waals surface area contributed by atoms with Crippen molar-refractivity contribution in [3.8, 4) is 5.75 Å². The molecule has 0 aliphatic carbocycles. The Labute approximate surface area is 149 Å². The van der Waals surface area contributed by atoms with E-state index in [1.807, 2.05) is 31.2 Å². The van der Waals surface area contributed by atoms with Crippen LogP contribution in [0.2, 0.25) is 0 Å². The summed E-state index contributed by atoms with van der Waals surface area (Å²) in [5, 5.41) is 16.0. The SMILES string of the molecule is CCc1ccc(OC(C)c2nnc(NC(=O)c3ccn(C)n3)s2)cc1. The Kier molecular flexibility index (Phi) is 5.08. The zero-order valence-corrected chi connectivity index (χ0v) is 15.1. The van der Waals surface area contributed by atoms with Gasteiger partial charge in [0.25, 0.3) is 5.91 Å². The van der Waals surface area contributed by atoms with Gasteiger partial charge in [0.15, 0.2) is 10.7 Å². The fourth-order valence-electron chi connectivity index (χ4n) is 2.20. The molecule has 0 saturated carbocycles. The minimum atomic E-state index is -0.313. The largest absolute Gasteiger partial charge is 0.483 e. The molecule has 0 saturated heterocycles. The summed E-state index contributed by atoms with van der Waals surface area (Å²) in [6, 6.07) is 9.62. The summed E-state index contributed by atoms with van der Waals surface area (Å²) in [6.07, 6.45) is 2.44. The summed E-state index contributed by atoms with van der Waals surface area (Å²) in [5.41, 5.74) is 1.59. The van der Waals surface area contributed by atoms with Crippen molar-refractivity contribution in [2.24, 2.45) is 7.05 Å². The second-order valence-electron chi connectivity index (χ2n) is 5.53. The van der Waals surface area contributed by atoms with Crippen LogP contribution in [0.3, 0.4) is 0 Å². The highest BCUT2D eigenvalue weighted by atomic mass is 32.1. The van der Waals surface area contributed by atoms with Gasteiger partial charge >= 0.3 is 0 Å². The Hall–Kier alpha value is -2.74. The first-order valence-electron chi connectivity index (χ1n) is 7.95. The summed E-state index contributed by atoms with van der Waals surface area (Å²) >= 11 is 1.28. The Morgan fingerprint density at radius 1 is 1.28 bits per heavy atom. The maximum atomic E-state index is 12.1. The lowest BCUT2D eigenvalue weighted by Crippen LogP contribution is -2.12. The van der Waals surface area contributed by atoms with E-state index in [0.717, 1.165) is 12.2 Å². The molecule has 2 heterocycles. The van der Waals surface area contributed by atoms with Crippen LogP contribution in [0.1, 0.15) is 41.0 Å². The van der Waals surface area contributed by atoms with Gasteiger partial charge in [0.1, 0.15) is 11.9 Å². The predicted octanol–water partition coefficient (Wildman–Crippen LogP) is 3.23. The van der Waals surface area contributed by atoms with Crippen LogP contribution in [0.15, 0.2) is 36.5 Å². The Bertz CT molecular complexity index is 856. The molecule has 1 aromatic carbocycles. The molecule has 3 rings (SSSR count). The average molecular weight is 357 g/mol. The van der Waals surface area contributed by atoms with Crippen molar-refractivity contribution in [3.05, 3.63) is 52.8 Å². The van der Waals surface area contributed by atoms with Crippen molar-refractivity contribution < 1.29 is 9.53 Å². The Morgan fingerprint density at radius 3 is 2.68 bits per heavy atom. The van der Waals surface area contributed by atoms with Crippen LogP contribution in [-0.4, -0.2) is 25.9 Å². The van der Waals surface area contributed by atoms with Crippen molar-refractivity contribution in [1.82, 2.24) is 20.0 Å². The van der Waals surface area contributed by atoms with Crippen LogP contribution in [0.5, 0.6) is 5.75 Å². The van der Waals surface area contributed by atoms with Gasteiger partial charge < -0.3 is 4.74 Å². The number of hydrogen-bond donors (Lipinski definition) is 1. The molecule has 0 fully saturated rings. The average Bonchev–Trinajstić information content (AvgIpc) is 3.25. The first-order valence-corrected chi connectivity index (χ1v) is 8.76. The molecule has 1 atom stereocenters. The number of amides is 1. The number of aryl methyl sites for hydroxylation is 2. The number of ether oxygens (including phenoxy) is 1. The number of rotatable bonds is 6. The van der Waals surface area contributed by atoms with Crippen LogP contribution >= 0.6 is 11.3 Å². The van der Waals surface area contributed by atoms with E-state index in [-0.39, 0.29) is 12.0 Å². The molecule has 0 aliphatic heterocycles. The molecule has 3 aromatic rings. The van der Waals surface area contributed by atoms with E-state index in [2.05, 4.69) is 27.5 Å². The highest BCUT2D eigenvalue weighted by Crippen LogP contribution is 2.26. The molecule has 7 nitrogen and oxygen atoms in total. The molecule has 0 aliphatic rings. The maximum absolute atomic E-state index is 12.1. The number of benzene rings is 1. The standard InChI is InChI=1S/C17H19N5O2S/c1-4-12-5-7-13(8-6-12)24-11(2)16-19-20-17(25-16)18-15(23)14-9-10-22(3)21-14/h5-11H,4H2,1-3H3,(H,18,20,23). The minimum Gasteiger partial charge on any atom is -0.483 e. The molecule has 130 valence electrons. The molecule has 0 bridgehead atoms. The van der Waals surface area contributed by atoms with Gasteiger partial charge in [0.05, 0.1) is 0 Å². The molecule has 25 heavy (non-hydrogen) atoms. The van der Waals surface area contributed by atoms with Crippen LogP contribution in [-0.2, 0) is 13.5 Å². The summed E-state index contributed by atoms with van der Waals surface area (Å²) in [7, 11) is 1.76. The van der Waals surface area contributed by atoms with E-state index in [1.165, 1.54) is 16.9 Å². The molecule has 0 radical (unpaired) electrons. The molecule has 1 unspecified atom stereocenters. The highest BCUT2D eigenvalue weighted by Gasteiger charge is 2.16. The number of nitrogens with zero attached hydrogens (tertiary/aromatic N) is 4. The lowest BCUT2D eigenvalue weighted by molar-refractivity contribution is 0.102. The number of aromatic nitrogens is 4. The smallest absolute Gasteiger partial charge is 0.277 e. The van der Waals surface area contributed by atoms with Crippen LogP contribution < -0.4 is 10.1 Å². The second-order valence-corrected chi connectivity index (χ2v) is 6.54. The number of carbonyl (C=O) groups is 1. The maximum Gasteiger partial charge on any atom is 0.277 e. The Morgan fingerprint density at radius 2 is 2.04 bits per heavy atom. The number of anilines is 1. The third kappa shape index (κ3) is 4.21. The fourth-order valence-corrected chi connectivity index (χ4v) is 2.92. The van der Waals surface area contributed by atoms with Gasteiger partial charge in [-0.25, -0.2) is 0 Å². The van der Waals surface area contributed by atoms with Crippen LogP contribution in [0, 0.1) is 0 Å². The van der Waals surface area contributed by atoms with Gasteiger partial charge in [0, 0.05) is 13.2 Å². The Balaban J connectivity index is 1.62. The summed E-state index contributed by atoms with van der Waals surface area (Å²) < 4.78 is 7.46. The van der Waals surface area contributed by atoms with Crippen molar-refractivity contribution >= 4 is 22.4 Å². The van der Waals surface area contributed by atoms with Crippen LogP contribution in [0.4, 0.5) is 5.13 Å². The molecule has 1 N–H and O–H groups in total. The summed E-state index contributed by atoms with van der Waals surface area (Å²) in [4.78, 5) is 12.1. The zero-order valence-electron chi connectivity index (χ0n) is 14.3. The van der Waals surface area contributed by atoms with E-state index in [1.54, 1.807) is 24.0 Å². The van der Waals surface area contributed by atoms with Gasteiger partial charge in [-0.1, -0.05) is 30.4 Å². The summed E-state index contributed by atoms with van der Waals surface area (Å²) in [5.74, 6) is 0.464. The highest BCUT2D eigenvalue weighted by molar-refractivity contribution is 7.15. The van der Waals surface area contributed by atoms with Crippen molar-refractivity contribution in [3.63, 3.8) is 0 Å². The second kappa shape index (κ2) is 7.43. The van der Waals surface area contributed by atoms with E-state index >= 15 is 0 Å². The molecular weight excluding hydrogens is 338 g/mol. The first-order chi connectivity index (χ1) is 12.0. The van der Waals surface area contributed by atoms with E-state index in [0.29, 0.717) is 15.8 Å². The van der Waals surface area contributed by atoms with Crippen molar-refractivity contribution in [1.29, 1.82) is 0 Å². The lowest BCUT2D eigenvalue weighted by Gasteiger charge is -2.11. The molecule has 2 aromatic heterocycles. The third-order valence-electron chi connectivity index (χ3n) is 3.60. The van der Waals surface area contributed by atoms with Gasteiger partial charge in [-0.2, -0.15) is 5.10 Å². The fraction of sp³-hybridized carbons (Fsp3) is 0.294. The number of hydrogen-bond acceptors (Lipinski definition) is 6. The van der Waals surface area contributed by atoms with Gasteiger partial charge in [-0.15, -0.1) is 10.2 Å². The van der Waals surface area contributed by atoms with E-state index in [9.17, 15) is 4.79 Å². The normalized spacial score (nSPS) is 12.0. The first kappa shape index (κ1) is 17.1. The van der Waals surface area contributed by atoms with Crippen molar-refractivity contribution in [2.45, 2.75) is 26.4 Å². The van der Waals surface area contributed by atoms with Gasteiger partial charge in [-0.05, 0) is 37.1 Å². The van der Waals surface area contributed by atoms with Gasteiger partial charge in [-0.3, -0.25) is 14.8 Å². The molecule has 0 spiro atoms. The number of nitrogens with one attached hydrogen (secondary N) is 1. The molecule has 8 heteroatoms. The van der Waals surface area contributed by atoms with Crippen LogP contribution in [0.25, 0.3) is 0 Å². The number of carbonyl (C=O) groups excluding carboxylic acids is 1. The molecular formula is C17H19N5O2S. The zero-order chi connectivity index (χ0) is 17.8. The third-order valence-corrected chi connectivity index (χ3v) is 4.60. The molecule has 1 amide bonds. The quantitative estimate of drug-likeness (QED) is 0.732. The summed E-state index contributed by atoms with van der Waals surface area (Å²) in [6.45, 7) is 4.01. The van der Waals surface area contributed by atoms with E-state index in [4.69, 9.17) is 4.74 Å². The minimum absolute atomic E-state index is 0.259. The van der Waals surface area contributed by atoms with Crippen molar-refractivity contribution in [2.75, 3.05) is 5.32 Å². The topological polar surface area (TPSA) is 81.9 Å². The predicted molar refractivity (Wildman–Crippen MR) is 95.9 cm³/mol.